The third-order valence-electron chi connectivity index (χ3n) is 3.31. The van der Waals surface area contributed by atoms with Crippen LogP contribution >= 0.6 is 11.6 Å². The zero-order valence-corrected chi connectivity index (χ0v) is 13.7. The lowest BCUT2D eigenvalue weighted by molar-refractivity contribution is -0.139. The molecule has 0 amide bonds. The Morgan fingerprint density at radius 2 is 2.17 bits per heavy atom. The summed E-state index contributed by atoms with van der Waals surface area (Å²) in [6.07, 6.45) is 2.86. The molecule has 1 aliphatic rings. The van der Waals surface area contributed by atoms with Gasteiger partial charge < -0.3 is 14.8 Å². The minimum Gasteiger partial charge on any atom is -0.347 e. The fourth-order valence-electron chi connectivity index (χ4n) is 2.20. The minimum atomic E-state index is -0.622. The molecule has 23 heavy (non-hydrogen) atoms. The summed E-state index contributed by atoms with van der Waals surface area (Å²) in [5.41, 5.74) is 0.632. The Kier molecular flexibility index (Phi) is 4.05. The molecule has 1 unspecified atom stereocenters. The highest BCUT2D eigenvalue weighted by molar-refractivity contribution is 6.29. The van der Waals surface area contributed by atoms with Crippen molar-refractivity contribution in [1.29, 1.82) is 0 Å². The maximum Gasteiger partial charge on any atom is 0.290 e. The lowest BCUT2D eigenvalue weighted by Gasteiger charge is -2.16. The van der Waals surface area contributed by atoms with Crippen molar-refractivity contribution in [2.45, 2.75) is 25.7 Å². The topological polar surface area (TPSA) is 91.2 Å². The predicted octanol–water partition coefficient (Wildman–Crippen LogP) is 1.79. The maximum absolute atomic E-state index is 12.0. The van der Waals surface area contributed by atoms with Crippen LogP contribution in [0.3, 0.4) is 0 Å². The molecule has 0 aliphatic carbocycles. The molecule has 0 saturated carbocycles. The number of nitrogens with one attached hydrogen (secondary N) is 1. The first-order valence-electron chi connectivity index (χ1n) is 6.99. The van der Waals surface area contributed by atoms with Gasteiger partial charge in [-0.25, -0.2) is 9.67 Å². The summed E-state index contributed by atoms with van der Waals surface area (Å²) in [6, 6.07) is 1.44. The highest BCUT2D eigenvalue weighted by Crippen LogP contribution is 2.31. The van der Waals surface area contributed by atoms with Crippen molar-refractivity contribution in [1.82, 2.24) is 19.7 Å². The van der Waals surface area contributed by atoms with E-state index in [1.54, 1.807) is 6.20 Å². The lowest BCUT2D eigenvalue weighted by atomic mass is 10.3. The smallest absolute Gasteiger partial charge is 0.290 e. The molecule has 0 radical (unpaired) electrons. The molecule has 0 spiro atoms. The van der Waals surface area contributed by atoms with E-state index in [0.29, 0.717) is 18.1 Å². The Bertz CT molecular complexity index is 775. The molecule has 1 fully saturated rings. The van der Waals surface area contributed by atoms with Crippen molar-refractivity contribution >= 4 is 23.1 Å². The summed E-state index contributed by atoms with van der Waals surface area (Å²) >= 11 is 5.85. The van der Waals surface area contributed by atoms with E-state index in [1.807, 2.05) is 13.8 Å². The van der Waals surface area contributed by atoms with Crippen LogP contribution in [0.15, 0.2) is 23.3 Å². The molecule has 0 bridgehead atoms. The summed E-state index contributed by atoms with van der Waals surface area (Å²) in [4.78, 5) is 20.5. The van der Waals surface area contributed by atoms with E-state index in [9.17, 15) is 4.79 Å². The SMILES string of the molecule is Cn1nc(Cl)cc(Nc2cnc(C3COC(C)(C)O3)cn2)c1=O. The van der Waals surface area contributed by atoms with E-state index in [1.165, 1.54) is 19.3 Å². The van der Waals surface area contributed by atoms with Crippen LogP contribution < -0.4 is 10.9 Å². The van der Waals surface area contributed by atoms with Crippen LogP contribution in [-0.2, 0) is 16.5 Å². The van der Waals surface area contributed by atoms with E-state index in [4.69, 9.17) is 21.1 Å². The molecular formula is C14H16ClN5O3. The van der Waals surface area contributed by atoms with Crippen LogP contribution in [0.25, 0.3) is 0 Å². The standard InChI is InChI=1S/C14H16ClN5O3/c1-14(2)22-7-10(23-14)9-5-17-12(6-16-9)18-8-4-11(15)19-20(3)13(8)21/h4-6,10H,7H2,1-3H3,(H,17,18). The molecular weight excluding hydrogens is 322 g/mol. The van der Waals surface area contributed by atoms with Crippen molar-refractivity contribution in [2.24, 2.45) is 7.05 Å². The number of hydrogen-bond donors (Lipinski definition) is 1. The van der Waals surface area contributed by atoms with Crippen LogP contribution in [0.1, 0.15) is 25.6 Å². The number of nitrogens with zero attached hydrogens (tertiary/aromatic N) is 4. The highest BCUT2D eigenvalue weighted by atomic mass is 35.5. The zero-order chi connectivity index (χ0) is 16.6. The average Bonchev–Trinajstić information content (AvgIpc) is 2.85. The van der Waals surface area contributed by atoms with Crippen LogP contribution in [0.4, 0.5) is 11.5 Å². The number of aromatic nitrogens is 4. The third kappa shape index (κ3) is 3.49. The summed E-state index contributed by atoms with van der Waals surface area (Å²) in [5.74, 6) is -0.199. The third-order valence-corrected chi connectivity index (χ3v) is 3.49. The molecule has 2 aromatic heterocycles. The van der Waals surface area contributed by atoms with Gasteiger partial charge in [0.25, 0.3) is 5.56 Å². The molecule has 1 atom stereocenters. The second-order valence-electron chi connectivity index (χ2n) is 5.58. The molecule has 122 valence electrons. The Hall–Kier alpha value is -2.03. The molecule has 1 aliphatic heterocycles. The number of halogens is 1. The van der Waals surface area contributed by atoms with Gasteiger partial charge in [0.2, 0.25) is 0 Å². The number of rotatable bonds is 3. The quantitative estimate of drug-likeness (QED) is 0.912. The first-order chi connectivity index (χ1) is 10.8. The van der Waals surface area contributed by atoms with E-state index in [2.05, 4.69) is 20.4 Å². The van der Waals surface area contributed by atoms with E-state index >= 15 is 0 Å². The Morgan fingerprint density at radius 3 is 2.78 bits per heavy atom. The van der Waals surface area contributed by atoms with Gasteiger partial charge in [0.15, 0.2) is 10.9 Å². The maximum atomic E-state index is 12.0. The molecule has 9 heteroatoms. The van der Waals surface area contributed by atoms with Crippen LogP contribution in [0.2, 0.25) is 5.15 Å². The molecule has 0 aromatic carbocycles. The molecule has 1 saturated heterocycles. The normalized spacial score (nSPS) is 19.7. The fraction of sp³-hybridized carbons (Fsp3) is 0.429. The van der Waals surface area contributed by atoms with Gasteiger partial charge in [0.05, 0.1) is 24.7 Å². The van der Waals surface area contributed by atoms with Gasteiger partial charge in [-0.1, -0.05) is 11.6 Å². The van der Waals surface area contributed by atoms with Gasteiger partial charge in [-0.3, -0.25) is 9.78 Å². The van der Waals surface area contributed by atoms with Gasteiger partial charge in [-0.15, -0.1) is 0 Å². The number of anilines is 2. The van der Waals surface area contributed by atoms with Crippen LogP contribution in [-0.4, -0.2) is 32.1 Å². The first-order valence-corrected chi connectivity index (χ1v) is 7.36. The van der Waals surface area contributed by atoms with Gasteiger partial charge in [-0.2, -0.15) is 5.10 Å². The minimum absolute atomic E-state index is 0.206. The Labute approximate surface area is 137 Å². The second-order valence-corrected chi connectivity index (χ2v) is 5.97. The van der Waals surface area contributed by atoms with E-state index in [0.717, 1.165) is 4.68 Å². The largest absolute Gasteiger partial charge is 0.347 e. The Morgan fingerprint density at radius 1 is 1.39 bits per heavy atom. The van der Waals surface area contributed by atoms with Crippen LogP contribution in [0.5, 0.6) is 0 Å². The van der Waals surface area contributed by atoms with Crippen molar-refractivity contribution in [3.63, 3.8) is 0 Å². The van der Waals surface area contributed by atoms with Gasteiger partial charge in [0, 0.05) is 13.1 Å². The van der Waals surface area contributed by atoms with Crippen molar-refractivity contribution in [3.05, 3.63) is 39.7 Å². The summed E-state index contributed by atoms with van der Waals surface area (Å²) < 4.78 is 12.4. The molecule has 3 rings (SSSR count). The summed E-state index contributed by atoms with van der Waals surface area (Å²) in [7, 11) is 1.52. The van der Waals surface area contributed by atoms with Gasteiger partial charge in [-0.05, 0) is 13.8 Å². The van der Waals surface area contributed by atoms with Gasteiger partial charge in [0.1, 0.15) is 17.6 Å². The Balaban J connectivity index is 1.77. The van der Waals surface area contributed by atoms with Crippen molar-refractivity contribution in [2.75, 3.05) is 11.9 Å². The van der Waals surface area contributed by atoms with E-state index < -0.39 is 5.79 Å². The fourth-order valence-corrected chi connectivity index (χ4v) is 2.42. The molecule has 3 heterocycles. The number of hydrogen-bond acceptors (Lipinski definition) is 7. The predicted molar refractivity (Wildman–Crippen MR) is 83.7 cm³/mol. The number of ether oxygens (including phenoxy) is 2. The first kappa shape index (κ1) is 15.9. The number of aryl methyl sites for hydroxylation is 1. The van der Waals surface area contributed by atoms with E-state index in [-0.39, 0.29) is 22.5 Å². The average molecular weight is 338 g/mol. The van der Waals surface area contributed by atoms with Crippen LogP contribution in [0, 0.1) is 0 Å². The summed E-state index contributed by atoms with van der Waals surface area (Å²) in [5, 5.41) is 6.91. The second kappa shape index (κ2) is 5.88. The molecule has 2 aromatic rings. The molecule has 1 N–H and O–H groups in total. The summed E-state index contributed by atoms with van der Waals surface area (Å²) in [6.45, 7) is 4.12. The monoisotopic (exact) mass is 337 g/mol. The van der Waals surface area contributed by atoms with Crippen molar-refractivity contribution in [3.8, 4) is 0 Å². The zero-order valence-electron chi connectivity index (χ0n) is 12.9. The molecule has 8 nitrogen and oxygen atoms in total. The van der Waals surface area contributed by atoms with Crippen molar-refractivity contribution < 1.29 is 9.47 Å². The lowest BCUT2D eigenvalue weighted by Crippen LogP contribution is -2.22. The highest BCUT2D eigenvalue weighted by Gasteiger charge is 2.34. The van der Waals surface area contributed by atoms with Gasteiger partial charge >= 0.3 is 0 Å².